The molecule has 0 fully saturated rings. The van der Waals surface area contributed by atoms with E-state index in [-0.39, 0.29) is 22.9 Å². The second kappa shape index (κ2) is 17.4. The second-order valence-corrected chi connectivity index (χ2v) is 9.52. The van der Waals surface area contributed by atoms with E-state index < -0.39 is 0 Å². The maximum atomic E-state index is 11.5. The van der Waals surface area contributed by atoms with Crippen LogP contribution in [0.2, 0.25) is 5.02 Å². The third kappa shape index (κ3) is 13.4. The summed E-state index contributed by atoms with van der Waals surface area (Å²) < 4.78 is 6.79. The first-order chi connectivity index (χ1) is 14.8. The molecule has 1 amide bonds. The molecular weight excluding hydrogens is 492 g/mol. The van der Waals surface area contributed by atoms with Crippen molar-refractivity contribution in [1.82, 2.24) is 0 Å². The first kappa shape index (κ1) is 30.9. The molecular formula is C25H42BrClN2O3. The highest BCUT2D eigenvalue weighted by Crippen LogP contribution is 2.32. The van der Waals surface area contributed by atoms with E-state index in [1.165, 1.54) is 71.1 Å². The number of aldehydes is 1. The van der Waals surface area contributed by atoms with Crippen LogP contribution in [0.25, 0.3) is 0 Å². The average Bonchev–Trinajstić information content (AvgIpc) is 2.70. The van der Waals surface area contributed by atoms with E-state index in [4.69, 9.17) is 16.3 Å². The molecule has 0 aromatic heterocycles. The molecule has 0 aliphatic rings. The Kier molecular flexibility index (Phi) is 16.8. The molecule has 0 saturated carbocycles. The highest BCUT2D eigenvalue weighted by atomic mass is 79.9. The number of nitrogens with one attached hydrogen (secondary N) is 1. The Morgan fingerprint density at radius 1 is 1.00 bits per heavy atom. The molecule has 0 atom stereocenters. The zero-order chi connectivity index (χ0) is 23.1. The van der Waals surface area contributed by atoms with Crippen molar-refractivity contribution in [3.05, 3.63) is 22.7 Å². The Labute approximate surface area is 210 Å². The number of hydrogen-bond acceptors (Lipinski definition) is 3. The van der Waals surface area contributed by atoms with Crippen LogP contribution in [0.3, 0.4) is 0 Å². The fourth-order valence-electron chi connectivity index (χ4n) is 3.68. The summed E-state index contributed by atoms with van der Waals surface area (Å²) in [6.07, 6.45) is 14.1. The predicted molar refractivity (Wildman–Crippen MR) is 130 cm³/mol. The van der Waals surface area contributed by atoms with Crippen molar-refractivity contribution in [3.63, 3.8) is 0 Å². The van der Waals surface area contributed by atoms with Crippen molar-refractivity contribution in [1.29, 1.82) is 0 Å². The van der Waals surface area contributed by atoms with Gasteiger partial charge in [-0.2, -0.15) is 0 Å². The Balaban J connectivity index is 0.00000961. The van der Waals surface area contributed by atoms with Gasteiger partial charge in [0.1, 0.15) is 13.2 Å². The first-order valence-electron chi connectivity index (χ1n) is 11.8. The van der Waals surface area contributed by atoms with Crippen LogP contribution in [-0.4, -0.2) is 50.5 Å². The van der Waals surface area contributed by atoms with E-state index in [2.05, 4.69) is 26.3 Å². The number of unbranched alkanes of at least 4 members (excludes halogenated alkanes) is 9. The lowest BCUT2D eigenvalue weighted by molar-refractivity contribution is -0.890. The number of likely N-dealkylation sites (N-methyl/N-ethyl adjacent to an activating group) is 1. The monoisotopic (exact) mass is 532 g/mol. The number of carbonyl (C=O) groups excluding carboxylic acids is 2. The second-order valence-electron chi connectivity index (χ2n) is 9.08. The van der Waals surface area contributed by atoms with Crippen LogP contribution in [-0.2, 0) is 4.79 Å². The Bertz CT molecular complexity index is 683. The summed E-state index contributed by atoms with van der Waals surface area (Å²) in [6, 6.07) is 3.16. The molecule has 5 nitrogen and oxygen atoms in total. The maximum Gasteiger partial charge on any atom is 0.221 e. The average molecular weight is 534 g/mol. The molecule has 0 radical (unpaired) electrons. The van der Waals surface area contributed by atoms with E-state index >= 15 is 0 Å². The number of halogens is 2. The van der Waals surface area contributed by atoms with Crippen molar-refractivity contribution in [3.8, 4) is 5.75 Å². The van der Waals surface area contributed by atoms with Crippen LogP contribution in [0.4, 0.5) is 5.69 Å². The summed E-state index contributed by atoms with van der Waals surface area (Å²) in [5, 5.41) is 3.08. The Morgan fingerprint density at radius 2 is 1.56 bits per heavy atom. The summed E-state index contributed by atoms with van der Waals surface area (Å²) in [5.74, 6) is 0.148. The molecule has 1 N–H and O–H groups in total. The summed E-state index contributed by atoms with van der Waals surface area (Å²) in [5.41, 5.74) is 0.776. The van der Waals surface area contributed by atoms with Crippen LogP contribution < -0.4 is 27.0 Å². The fourth-order valence-corrected chi connectivity index (χ4v) is 3.91. The molecule has 32 heavy (non-hydrogen) atoms. The number of hydrogen-bond donors (Lipinski definition) is 1. The number of ether oxygens (including phenoxy) is 1. The molecule has 0 aliphatic carbocycles. The SMILES string of the molecule is CCCCCCCCCCCC[N+](C)(C)CCOc1c(C=O)cc(Cl)cc1NC(C)=O.[Br-]. The van der Waals surface area contributed by atoms with Crippen molar-refractivity contribution < 1.29 is 35.8 Å². The molecule has 7 heteroatoms. The Hall–Kier alpha value is -1.11. The number of benzene rings is 1. The first-order valence-corrected chi connectivity index (χ1v) is 12.2. The van der Waals surface area contributed by atoms with E-state index in [9.17, 15) is 9.59 Å². The lowest BCUT2D eigenvalue weighted by atomic mass is 10.1. The third-order valence-corrected chi connectivity index (χ3v) is 5.80. The molecule has 1 aromatic rings. The molecule has 0 bridgehead atoms. The molecule has 1 rings (SSSR count). The van der Waals surface area contributed by atoms with E-state index in [0.717, 1.165) is 17.6 Å². The van der Waals surface area contributed by atoms with Crippen molar-refractivity contribution in [2.24, 2.45) is 0 Å². The van der Waals surface area contributed by atoms with Gasteiger partial charge >= 0.3 is 0 Å². The van der Waals surface area contributed by atoms with E-state index in [0.29, 0.717) is 34.9 Å². The minimum Gasteiger partial charge on any atom is -1.00 e. The molecule has 0 spiro atoms. The summed E-state index contributed by atoms with van der Waals surface area (Å²) in [4.78, 5) is 22.9. The maximum absolute atomic E-state index is 11.5. The van der Waals surface area contributed by atoms with Crippen molar-refractivity contribution >= 4 is 29.5 Å². The number of anilines is 1. The normalized spacial score (nSPS) is 11.0. The smallest absolute Gasteiger partial charge is 0.221 e. The van der Waals surface area contributed by atoms with Crippen LogP contribution in [0.5, 0.6) is 5.75 Å². The van der Waals surface area contributed by atoms with Crippen LogP contribution in [0.15, 0.2) is 12.1 Å². The third-order valence-electron chi connectivity index (χ3n) is 5.58. The van der Waals surface area contributed by atoms with Crippen LogP contribution in [0.1, 0.15) is 88.4 Å². The number of rotatable bonds is 17. The van der Waals surface area contributed by atoms with Gasteiger partial charge in [0.25, 0.3) is 0 Å². The number of nitrogens with zero attached hydrogens (tertiary/aromatic N) is 1. The van der Waals surface area contributed by atoms with Crippen LogP contribution in [0, 0.1) is 0 Å². The molecule has 184 valence electrons. The minimum absolute atomic E-state index is 0. The highest BCUT2D eigenvalue weighted by Gasteiger charge is 2.17. The van der Waals surface area contributed by atoms with Gasteiger partial charge in [0.15, 0.2) is 12.0 Å². The van der Waals surface area contributed by atoms with Gasteiger partial charge in [-0.15, -0.1) is 0 Å². The molecule has 0 saturated heterocycles. The van der Waals surface area contributed by atoms with Gasteiger partial charge in [0.2, 0.25) is 5.91 Å². The number of amides is 1. The fraction of sp³-hybridized carbons (Fsp3) is 0.680. The Morgan fingerprint density at radius 3 is 2.09 bits per heavy atom. The van der Waals surface area contributed by atoms with Gasteiger partial charge in [0, 0.05) is 11.9 Å². The zero-order valence-electron chi connectivity index (χ0n) is 20.4. The van der Waals surface area contributed by atoms with Gasteiger partial charge in [-0.1, -0.05) is 69.9 Å². The molecule has 0 unspecified atom stereocenters. The van der Waals surface area contributed by atoms with Gasteiger partial charge in [-0.3, -0.25) is 9.59 Å². The predicted octanol–water partition coefficient (Wildman–Crippen LogP) is 3.49. The lowest BCUT2D eigenvalue weighted by Gasteiger charge is -2.30. The lowest BCUT2D eigenvalue weighted by Crippen LogP contribution is -3.00. The van der Waals surface area contributed by atoms with Crippen molar-refractivity contribution in [2.75, 3.05) is 39.1 Å². The summed E-state index contributed by atoms with van der Waals surface area (Å²) in [7, 11) is 4.41. The van der Waals surface area contributed by atoms with Gasteiger partial charge in [0.05, 0.1) is 31.9 Å². The van der Waals surface area contributed by atoms with Crippen molar-refractivity contribution in [2.45, 2.75) is 78.1 Å². The standard InChI is InChI=1S/C25H41ClN2O3.BrH/c1-5-6-7-8-9-10-11-12-13-14-15-28(3,4)16-17-31-25-22(20-29)18-23(26)19-24(25)27-21(2)30;/h18-20H,5-17H2,1-4H3;1H. The largest absolute Gasteiger partial charge is 1.00 e. The summed E-state index contributed by atoms with van der Waals surface area (Å²) in [6.45, 7) is 6.05. The molecule has 0 heterocycles. The van der Waals surface area contributed by atoms with Gasteiger partial charge in [-0.25, -0.2) is 0 Å². The van der Waals surface area contributed by atoms with Gasteiger partial charge in [-0.05, 0) is 25.0 Å². The van der Waals surface area contributed by atoms with Gasteiger partial charge < -0.3 is 31.5 Å². The van der Waals surface area contributed by atoms with E-state index in [1.807, 2.05) is 0 Å². The minimum atomic E-state index is -0.235. The molecule has 1 aromatic carbocycles. The number of carbonyl (C=O) groups is 2. The highest BCUT2D eigenvalue weighted by molar-refractivity contribution is 6.31. The number of quaternary nitrogens is 1. The quantitative estimate of drug-likeness (QED) is 0.189. The topological polar surface area (TPSA) is 55.4 Å². The summed E-state index contributed by atoms with van der Waals surface area (Å²) >= 11 is 6.05. The molecule has 0 aliphatic heterocycles. The van der Waals surface area contributed by atoms with Crippen LogP contribution >= 0.6 is 11.6 Å². The van der Waals surface area contributed by atoms with E-state index in [1.54, 1.807) is 12.1 Å². The zero-order valence-corrected chi connectivity index (χ0v) is 22.7.